The van der Waals surface area contributed by atoms with E-state index in [1.165, 1.54) is 5.69 Å². The van der Waals surface area contributed by atoms with Crippen LogP contribution in [-0.4, -0.2) is 35.2 Å². The highest BCUT2D eigenvalue weighted by Gasteiger charge is 2.19. The van der Waals surface area contributed by atoms with Crippen molar-refractivity contribution in [1.29, 1.82) is 0 Å². The topological polar surface area (TPSA) is 33.1 Å². The van der Waals surface area contributed by atoms with E-state index in [1.807, 2.05) is 0 Å². The Labute approximate surface area is 91.3 Å². The minimum atomic E-state index is 0.556. The summed E-state index contributed by atoms with van der Waals surface area (Å²) < 4.78 is 2.14. The van der Waals surface area contributed by atoms with Gasteiger partial charge in [0, 0.05) is 38.9 Å². The molecule has 1 N–H and O–H groups in total. The molecule has 1 atom stereocenters. The van der Waals surface area contributed by atoms with Crippen LogP contribution in [0.5, 0.6) is 0 Å². The molecule has 0 unspecified atom stereocenters. The minimum Gasteiger partial charge on any atom is -0.339 e. The summed E-state index contributed by atoms with van der Waals surface area (Å²) in [7, 11) is 2.08. The molecule has 4 heteroatoms. The summed E-state index contributed by atoms with van der Waals surface area (Å²) in [4.78, 5) is 7.01. The van der Waals surface area contributed by atoms with Gasteiger partial charge in [0.15, 0.2) is 0 Å². The van der Waals surface area contributed by atoms with Crippen molar-refractivity contribution in [1.82, 2.24) is 14.9 Å². The van der Waals surface area contributed by atoms with E-state index in [0.717, 1.165) is 32.0 Å². The third-order valence-corrected chi connectivity index (χ3v) is 2.92. The lowest BCUT2D eigenvalue weighted by Crippen LogP contribution is -2.50. The first-order valence-corrected chi connectivity index (χ1v) is 5.71. The van der Waals surface area contributed by atoms with Crippen molar-refractivity contribution in [3.63, 3.8) is 0 Å². The van der Waals surface area contributed by atoms with Gasteiger partial charge in [0.05, 0.1) is 5.69 Å². The number of aromatic nitrogens is 2. The molecule has 84 valence electrons. The number of hydrogen-bond donors (Lipinski definition) is 1. The van der Waals surface area contributed by atoms with Crippen molar-refractivity contribution in [3.05, 3.63) is 11.9 Å². The Bertz CT molecular complexity index is 331. The van der Waals surface area contributed by atoms with Gasteiger partial charge >= 0.3 is 0 Å². The lowest BCUT2D eigenvalue weighted by molar-refractivity contribution is 0.476. The van der Waals surface area contributed by atoms with Crippen LogP contribution >= 0.6 is 0 Å². The molecule has 1 aromatic heterocycles. The molecular formula is C11H20N4. The van der Waals surface area contributed by atoms with E-state index in [0.29, 0.717) is 6.04 Å². The van der Waals surface area contributed by atoms with Crippen molar-refractivity contribution >= 4 is 5.95 Å². The van der Waals surface area contributed by atoms with E-state index in [-0.39, 0.29) is 0 Å². The second-order valence-corrected chi connectivity index (χ2v) is 4.30. The Morgan fingerprint density at radius 2 is 2.40 bits per heavy atom. The van der Waals surface area contributed by atoms with Crippen LogP contribution in [-0.2, 0) is 13.5 Å². The Morgan fingerprint density at radius 3 is 3.00 bits per heavy atom. The third kappa shape index (κ3) is 2.15. The van der Waals surface area contributed by atoms with E-state index >= 15 is 0 Å². The minimum absolute atomic E-state index is 0.556. The molecule has 0 aliphatic carbocycles. The maximum absolute atomic E-state index is 4.65. The van der Waals surface area contributed by atoms with E-state index in [9.17, 15) is 0 Å². The summed E-state index contributed by atoms with van der Waals surface area (Å²) in [5.74, 6) is 1.11. The molecule has 1 fully saturated rings. The van der Waals surface area contributed by atoms with Gasteiger partial charge < -0.3 is 14.8 Å². The Hall–Kier alpha value is -1.03. The number of nitrogens with zero attached hydrogens (tertiary/aromatic N) is 3. The fourth-order valence-electron chi connectivity index (χ4n) is 2.10. The quantitative estimate of drug-likeness (QED) is 0.779. The Balaban J connectivity index is 2.16. The Morgan fingerprint density at radius 1 is 1.60 bits per heavy atom. The van der Waals surface area contributed by atoms with Gasteiger partial charge in [0.25, 0.3) is 0 Å². The molecule has 1 saturated heterocycles. The lowest BCUT2D eigenvalue weighted by atomic mass is 10.2. The maximum Gasteiger partial charge on any atom is 0.205 e. The predicted octanol–water partition coefficient (Wildman–Crippen LogP) is 0.781. The van der Waals surface area contributed by atoms with Crippen molar-refractivity contribution in [2.45, 2.75) is 26.3 Å². The largest absolute Gasteiger partial charge is 0.339 e. The van der Waals surface area contributed by atoms with Gasteiger partial charge in [0.2, 0.25) is 5.95 Å². The van der Waals surface area contributed by atoms with E-state index < -0.39 is 0 Å². The van der Waals surface area contributed by atoms with Crippen molar-refractivity contribution in [2.24, 2.45) is 7.05 Å². The van der Waals surface area contributed by atoms with Gasteiger partial charge in [-0.3, -0.25) is 0 Å². The van der Waals surface area contributed by atoms with Crippen LogP contribution in [0.3, 0.4) is 0 Å². The predicted molar refractivity (Wildman–Crippen MR) is 62.3 cm³/mol. The maximum atomic E-state index is 4.65. The highest BCUT2D eigenvalue weighted by molar-refractivity contribution is 5.34. The molecular weight excluding hydrogens is 188 g/mol. The monoisotopic (exact) mass is 208 g/mol. The molecule has 2 rings (SSSR count). The van der Waals surface area contributed by atoms with Gasteiger partial charge in [-0.05, 0) is 13.3 Å². The molecule has 1 aliphatic rings. The van der Waals surface area contributed by atoms with E-state index in [2.05, 4.69) is 46.9 Å². The molecule has 0 saturated carbocycles. The third-order valence-electron chi connectivity index (χ3n) is 2.92. The van der Waals surface area contributed by atoms with Crippen LogP contribution in [0.4, 0.5) is 5.95 Å². The van der Waals surface area contributed by atoms with Crippen LogP contribution < -0.4 is 10.2 Å². The number of rotatable bonds is 2. The zero-order valence-corrected chi connectivity index (χ0v) is 9.82. The summed E-state index contributed by atoms with van der Waals surface area (Å²) >= 11 is 0. The molecule has 4 nitrogen and oxygen atoms in total. The summed E-state index contributed by atoms with van der Waals surface area (Å²) in [6.45, 7) is 7.52. The summed E-state index contributed by atoms with van der Waals surface area (Å²) in [5, 5.41) is 3.44. The first kappa shape index (κ1) is 10.5. The first-order chi connectivity index (χ1) is 7.20. The summed E-state index contributed by atoms with van der Waals surface area (Å²) in [5.41, 5.74) is 1.18. The molecule has 0 radical (unpaired) electrons. The second-order valence-electron chi connectivity index (χ2n) is 4.30. The van der Waals surface area contributed by atoms with Crippen molar-refractivity contribution in [3.8, 4) is 0 Å². The van der Waals surface area contributed by atoms with E-state index in [1.54, 1.807) is 0 Å². The zero-order chi connectivity index (χ0) is 10.8. The molecule has 0 bridgehead atoms. The molecule has 1 aromatic rings. The van der Waals surface area contributed by atoms with Crippen LogP contribution in [0.1, 0.15) is 19.5 Å². The second kappa shape index (κ2) is 4.23. The Kier molecular flexibility index (Phi) is 2.95. The standard InChI is InChI=1S/C11H20N4/c1-4-10-8-14(3)11(13-10)15-6-5-12-9(2)7-15/h8-9,12H,4-7H2,1-3H3/t9-/m1/s1. The number of anilines is 1. The first-order valence-electron chi connectivity index (χ1n) is 5.71. The SMILES string of the molecule is CCc1cn(C)c(N2CCN[C@H](C)C2)n1. The summed E-state index contributed by atoms with van der Waals surface area (Å²) in [6.07, 6.45) is 3.14. The fraction of sp³-hybridized carbons (Fsp3) is 0.727. The van der Waals surface area contributed by atoms with Gasteiger partial charge in [0.1, 0.15) is 0 Å². The average Bonchev–Trinajstić information content (AvgIpc) is 2.60. The molecule has 0 aromatic carbocycles. The van der Waals surface area contributed by atoms with Crippen LogP contribution in [0, 0.1) is 0 Å². The number of imidazole rings is 1. The van der Waals surface area contributed by atoms with Crippen molar-refractivity contribution < 1.29 is 0 Å². The normalized spacial score (nSPS) is 22.1. The van der Waals surface area contributed by atoms with Crippen molar-refractivity contribution in [2.75, 3.05) is 24.5 Å². The van der Waals surface area contributed by atoms with Crippen LogP contribution in [0.2, 0.25) is 0 Å². The number of hydrogen-bond acceptors (Lipinski definition) is 3. The van der Waals surface area contributed by atoms with Gasteiger partial charge in [-0.15, -0.1) is 0 Å². The van der Waals surface area contributed by atoms with Crippen LogP contribution in [0.25, 0.3) is 0 Å². The van der Waals surface area contributed by atoms with Gasteiger partial charge in [-0.2, -0.15) is 0 Å². The lowest BCUT2D eigenvalue weighted by Gasteiger charge is -2.32. The summed E-state index contributed by atoms with van der Waals surface area (Å²) in [6, 6.07) is 0.556. The zero-order valence-electron chi connectivity index (χ0n) is 9.82. The highest BCUT2D eigenvalue weighted by atomic mass is 15.3. The molecule has 0 amide bonds. The number of piperazine rings is 1. The molecule has 2 heterocycles. The van der Waals surface area contributed by atoms with Crippen LogP contribution in [0.15, 0.2) is 6.20 Å². The number of nitrogens with one attached hydrogen (secondary N) is 1. The smallest absolute Gasteiger partial charge is 0.205 e. The number of aryl methyl sites for hydroxylation is 2. The van der Waals surface area contributed by atoms with E-state index in [4.69, 9.17) is 0 Å². The molecule has 15 heavy (non-hydrogen) atoms. The van der Waals surface area contributed by atoms with Gasteiger partial charge in [-0.1, -0.05) is 6.92 Å². The molecule has 0 spiro atoms. The molecule has 1 aliphatic heterocycles. The fourth-order valence-corrected chi connectivity index (χ4v) is 2.10. The highest BCUT2D eigenvalue weighted by Crippen LogP contribution is 2.15. The average molecular weight is 208 g/mol. The van der Waals surface area contributed by atoms with Gasteiger partial charge in [-0.25, -0.2) is 4.98 Å².